The number of hydrogen-bond acceptors (Lipinski definition) is 4. The zero-order valence-electron chi connectivity index (χ0n) is 16.3. The van der Waals surface area contributed by atoms with Crippen molar-refractivity contribution in [2.75, 3.05) is 13.7 Å². The third kappa shape index (κ3) is 3.99. The Balaban J connectivity index is 1.58. The Morgan fingerprint density at radius 3 is 2.86 bits per heavy atom. The van der Waals surface area contributed by atoms with E-state index in [-0.39, 0.29) is 24.1 Å². The highest BCUT2D eigenvalue weighted by Gasteiger charge is 2.31. The fourth-order valence-corrected chi connectivity index (χ4v) is 3.94. The predicted octanol–water partition coefficient (Wildman–Crippen LogP) is 3.92. The largest absolute Gasteiger partial charge is 0.494 e. The van der Waals surface area contributed by atoms with Gasteiger partial charge in [0.15, 0.2) is 11.6 Å². The SMILES string of the molecule is COc1ccc(CC(=O)N2CCCC[C@H]2c2[nH]ncc2-c2ccncc2)cc1F. The summed E-state index contributed by atoms with van der Waals surface area (Å²) >= 11 is 0. The number of H-pyrrole nitrogens is 1. The van der Waals surface area contributed by atoms with Crippen molar-refractivity contribution in [1.29, 1.82) is 0 Å². The highest BCUT2D eigenvalue weighted by Crippen LogP contribution is 2.36. The molecule has 1 N–H and O–H groups in total. The van der Waals surface area contributed by atoms with Gasteiger partial charge in [0.05, 0.1) is 31.5 Å². The molecule has 3 heterocycles. The summed E-state index contributed by atoms with van der Waals surface area (Å²) in [5, 5.41) is 7.34. The maximum atomic E-state index is 14.0. The Morgan fingerprint density at radius 2 is 2.10 bits per heavy atom. The summed E-state index contributed by atoms with van der Waals surface area (Å²) in [7, 11) is 1.42. The minimum absolute atomic E-state index is 0.0189. The molecular weight excluding hydrogens is 371 g/mol. The standard InChI is InChI=1S/C22H23FN4O2/c1-29-20-6-5-15(12-18(20)23)13-21(28)27-11-3-2-4-19(27)22-17(14-25-26-22)16-7-9-24-10-8-16/h5-10,12,14,19H,2-4,11,13H2,1H3,(H,25,26)/t19-/m0/s1. The third-order valence-corrected chi connectivity index (χ3v) is 5.39. The highest BCUT2D eigenvalue weighted by atomic mass is 19.1. The van der Waals surface area contributed by atoms with Crippen molar-refractivity contribution in [1.82, 2.24) is 20.1 Å². The van der Waals surface area contributed by atoms with Crippen LogP contribution in [0.1, 0.15) is 36.6 Å². The van der Waals surface area contributed by atoms with E-state index in [4.69, 9.17) is 4.74 Å². The number of nitrogens with zero attached hydrogens (tertiary/aromatic N) is 3. The number of carbonyl (C=O) groups is 1. The van der Waals surface area contributed by atoms with E-state index in [0.717, 1.165) is 36.1 Å². The first-order valence-electron chi connectivity index (χ1n) is 9.73. The van der Waals surface area contributed by atoms with Gasteiger partial charge in [-0.15, -0.1) is 0 Å². The van der Waals surface area contributed by atoms with E-state index in [1.165, 1.54) is 13.2 Å². The van der Waals surface area contributed by atoms with Crippen LogP contribution in [0.2, 0.25) is 0 Å². The molecule has 0 radical (unpaired) electrons. The number of likely N-dealkylation sites (tertiary alicyclic amines) is 1. The molecule has 4 rings (SSSR count). The van der Waals surface area contributed by atoms with Crippen LogP contribution in [0, 0.1) is 5.82 Å². The van der Waals surface area contributed by atoms with E-state index in [1.807, 2.05) is 17.0 Å². The Bertz CT molecular complexity index is 989. The summed E-state index contributed by atoms with van der Waals surface area (Å²) in [4.78, 5) is 19.1. The molecule has 0 spiro atoms. The van der Waals surface area contributed by atoms with Gasteiger partial charge in [-0.3, -0.25) is 14.9 Å². The first-order chi connectivity index (χ1) is 14.2. The third-order valence-electron chi connectivity index (χ3n) is 5.39. The lowest BCUT2D eigenvalue weighted by atomic mass is 9.94. The molecule has 1 saturated heterocycles. The average Bonchev–Trinajstić information content (AvgIpc) is 3.24. The average molecular weight is 394 g/mol. The minimum atomic E-state index is -0.457. The van der Waals surface area contributed by atoms with Crippen molar-refractivity contribution in [3.63, 3.8) is 0 Å². The number of halogens is 1. The van der Waals surface area contributed by atoms with E-state index in [2.05, 4.69) is 15.2 Å². The fourth-order valence-electron chi connectivity index (χ4n) is 3.94. The molecule has 0 unspecified atom stereocenters. The molecule has 0 aliphatic carbocycles. The number of nitrogens with one attached hydrogen (secondary N) is 1. The van der Waals surface area contributed by atoms with Crippen LogP contribution >= 0.6 is 0 Å². The number of carbonyl (C=O) groups excluding carboxylic acids is 1. The van der Waals surface area contributed by atoms with Crippen molar-refractivity contribution in [2.24, 2.45) is 0 Å². The molecular formula is C22H23FN4O2. The zero-order chi connectivity index (χ0) is 20.2. The van der Waals surface area contributed by atoms with E-state index >= 15 is 0 Å². The van der Waals surface area contributed by atoms with Crippen LogP contribution in [-0.4, -0.2) is 39.6 Å². The first-order valence-corrected chi connectivity index (χ1v) is 9.73. The van der Waals surface area contributed by atoms with Gasteiger partial charge in [0.2, 0.25) is 5.91 Å². The molecule has 0 bridgehead atoms. The number of aromatic amines is 1. The fraction of sp³-hybridized carbons (Fsp3) is 0.318. The molecule has 1 aliphatic heterocycles. The summed E-state index contributed by atoms with van der Waals surface area (Å²) < 4.78 is 19.0. The van der Waals surface area contributed by atoms with Gasteiger partial charge >= 0.3 is 0 Å². The summed E-state index contributed by atoms with van der Waals surface area (Å²) in [6.45, 7) is 0.678. The monoisotopic (exact) mass is 394 g/mol. The summed E-state index contributed by atoms with van der Waals surface area (Å²) in [5.74, 6) is -0.299. The van der Waals surface area contributed by atoms with Crippen LogP contribution in [-0.2, 0) is 11.2 Å². The van der Waals surface area contributed by atoms with Gasteiger partial charge in [-0.1, -0.05) is 6.07 Å². The highest BCUT2D eigenvalue weighted by molar-refractivity contribution is 5.80. The van der Waals surface area contributed by atoms with Crippen LogP contribution in [0.3, 0.4) is 0 Å². The van der Waals surface area contributed by atoms with Crippen molar-refractivity contribution < 1.29 is 13.9 Å². The number of pyridine rings is 1. The molecule has 29 heavy (non-hydrogen) atoms. The van der Waals surface area contributed by atoms with Gasteiger partial charge in [0.25, 0.3) is 0 Å². The Kier molecular flexibility index (Phi) is 5.55. The topological polar surface area (TPSA) is 71.1 Å². The molecule has 150 valence electrons. The Morgan fingerprint density at radius 1 is 1.28 bits per heavy atom. The van der Waals surface area contributed by atoms with Crippen LogP contribution < -0.4 is 4.74 Å². The molecule has 1 atom stereocenters. The number of rotatable bonds is 5. The molecule has 1 aromatic carbocycles. The van der Waals surface area contributed by atoms with Gasteiger partial charge in [-0.25, -0.2) is 4.39 Å². The number of amides is 1. The van der Waals surface area contributed by atoms with Gasteiger partial charge < -0.3 is 9.64 Å². The van der Waals surface area contributed by atoms with Gasteiger partial charge in [-0.05, 0) is 54.7 Å². The maximum absolute atomic E-state index is 14.0. The number of hydrogen-bond donors (Lipinski definition) is 1. The molecule has 1 aliphatic rings. The van der Waals surface area contributed by atoms with Crippen LogP contribution in [0.25, 0.3) is 11.1 Å². The lowest BCUT2D eigenvalue weighted by molar-refractivity contribution is -0.134. The molecule has 0 saturated carbocycles. The maximum Gasteiger partial charge on any atom is 0.227 e. The lowest BCUT2D eigenvalue weighted by Gasteiger charge is -2.36. The quantitative estimate of drug-likeness (QED) is 0.712. The second kappa shape index (κ2) is 8.43. The normalized spacial score (nSPS) is 16.6. The van der Waals surface area contributed by atoms with Crippen LogP contribution in [0.4, 0.5) is 4.39 Å². The predicted molar refractivity (Wildman–Crippen MR) is 107 cm³/mol. The number of benzene rings is 1. The van der Waals surface area contributed by atoms with Crippen LogP contribution in [0.5, 0.6) is 5.75 Å². The number of aromatic nitrogens is 3. The summed E-state index contributed by atoms with van der Waals surface area (Å²) in [6, 6.07) is 8.45. The van der Waals surface area contributed by atoms with E-state index in [0.29, 0.717) is 12.1 Å². The smallest absolute Gasteiger partial charge is 0.227 e. The molecule has 1 fully saturated rings. The van der Waals surface area contributed by atoms with Gasteiger partial charge in [-0.2, -0.15) is 5.10 Å². The van der Waals surface area contributed by atoms with Crippen molar-refractivity contribution in [2.45, 2.75) is 31.7 Å². The molecule has 1 amide bonds. The lowest BCUT2D eigenvalue weighted by Crippen LogP contribution is -2.39. The molecule has 2 aromatic heterocycles. The number of piperidine rings is 1. The molecule has 3 aromatic rings. The van der Waals surface area contributed by atoms with Gasteiger partial charge in [0, 0.05) is 24.5 Å². The van der Waals surface area contributed by atoms with Crippen molar-refractivity contribution in [3.05, 3.63) is 66.0 Å². The minimum Gasteiger partial charge on any atom is -0.494 e. The molecule has 6 nitrogen and oxygen atoms in total. The second-order valence-corrected chi connectivity index (χ2v) is 7.18. The summed E-state index contributed by atoms with van der Waals surface area (Å²) in [5.41, 5.74) is 3.56. The van der Waals surface area contributed by atoms with Crippen molar-refractivity contribution in [3.8, 4) is 16.9 Å². The first kappa shape index (κ1) is 19.1. The molecule has 7 heteroatoms. The summed E-state index contributed by atoms with van der Waals surface area (Å²) in [6.07, 6.45) is 8.29. The van der Waals surface area contributed by atoms with E-state index in [1.54, 1.807) is 30.7 Å². The van der Waals surface area contributed by atoms with Crippen LogP contribution in [0.15, 0.2) is 48.9 Å². The van der Waals surface area contributed by atoms with Crippen molar-refractivity contribution >= 4 is 5.91 Å². The van der Waals surface area contributed by atoms with Gasteiger partial charge in [0.1, 0.15) is 0 Å². The Labute approximate surface area is 168 Å². The van der Waals surface area contributed by atoms with E-state index in [9.17, 15) is 9.18 Å². The number of ether oxygens (including phenoxy) is 1. The van der Waals surface area contributed by atoms with E-state index < -0.39 is 5.82 Å². The zero-order valence-corrected chi connectivity index (χ0v) is 16.3. The number of methoxy groups -OCH3 is 1. The Hall–Kier alpha value is -3.22. The second-order valence-electron chi connectivity index (χ2n) is 7.18.